The summed E-state index contributed by atoms with van der Waals surface area (Å²) in [4.78, 5) is 14.2. The zero-order chi connectivity index (χ0) is 13.5. The Labute approximate surface area is 117 Å². The number of aliphatic hydroxyl groups is 1. The first kappa shape index (κ1) is 15.3. The number of benzene rings is 1. The summed E-state index contributed by atoms with van der Waals surface area (Å²) in [5.41, 5.74) is 0.721. The summed E-state index contributed by atoms with van der Waals surface area (Å²) in [6.45, 7) is 5.42. The third kappa shape index (κ3) is 4.88. The number of carbonyl (C=O) groups is 1. The van der Waals surface area contributed by atoms with Gasteiger partial charge in [0.15, 0.2) is 5.78 Å². The van der Waals surface area contributed by atoms with E-state index in [0.29, 0.717) is 19.0 Å². The molecule has 18 heavy (non-hydrogen) atoms. The Balaban J connectivity index is 2.66. The highest BCUT2D eigenvalue weighted by Crippen LogP contribution is 2.13. The van der Waals surface area contributed by atoms with E-state index in [1.165, 1.54) is 0 Å². The minimum Gasteiger partial charge on any atom is -0.396 e. The van der Waals surface area contributed by atoms with Crippen LogP contribution in [0.4, 0.5) is 0 Å². The van der Waals surface area contributed by atoms with E-state index in [9.17, 15) is 4.79 Å². The molecule has 1 aromatic carbocycles. The molecule has 0 aliphatic rings. The van der Waals surface area contributed by atoms with E-state index in [1.807, 2.05) is 24.3 Å². The third-order valence-corrected chi connectivity index (χ3v) is 3.32. The molecule has 0 aliphatic heterocycles. The number of nitrogens with zero attached hydrogens (tertiary/aromatic N) is 1. The maximum absolute atomic E-state index is 12.1. The van der Waals surface area contributed by atoms with Crippen molar-refractivity contribution in [3.63, 3.8) is 0 Å². The van der Waals surface area contributed by atoms with E-state index in [-0.39, 0.29) is 12.4 Å². The van der Waals surface area contributed by atoms with E-state index in [0.717, 1.165) is 16.6 Å². The third-order valence-electron chi connectivity index (χ3n) is 2.83. The number of Topliss-reactive ketones (excluding diaryl/α,β-unsaturated/α-hetero) is 1. The normalized spacial score (nSPS) is 11.2. The van der Waals surface area contributed by atoms with Crippen molar-refractivity contribution in [2.24, 2.45) is 0 Å². The molecular weight excluding hydrogens is 294 g/mol. The fourth-order valence-corrected chi connectivity index (χ4v) is 2.13. The molecule has 0 amide bonds. The first-order valence-electron chi connectivity index (χ1n) is 6.18. The molecule has 100 valence electrons. The van der Waals surface area contributed by atoms with Gasteiger partial charge in [0.1, 0.15) is 0 Å². The lowest BCUT2D eigenvalue weighted by molar-refractivity contribution is 0.0896. The van der Waals surface area contributed by atoms with Crippen molar-refractivity contribution in [2.75, 3.05) is 19.7 Å². The zero-order valence-electron chi connectivity index (χ0n) is 10.9. The van der Waals surface area contributed by atoms with Gasteiger partial charge in [-0.15, -0.1) is 0 Å². The fourth-order valence-electron chi connectivity index (χ4n) is 1.73. The van der Waals surface area contributed by atoms with Gasteiger partial charge >= 0.3 is 0 Å². The minimum atomic E-state index is 0.114. The maximum Gasteiger partial charge on any atom is 0.176 e. The highest BCUT2D eigenvalue weighted by atomic mass is 79.9. The fraction of sp³-hybridized carbons (Fsp3) is 0.500. The summed E-state index contributed by atoms with van der Waals surface area (Å²) < 4.78 is 0.916. The summed E-state index contributed by atoms with van der Waals surface area (Å²) in [5.74, 6) is 0.114. The molecule has 0 aliphatic carbocycles. The van der Waals surface area contributed by atoms with Crippen LogP contribution in [0.25, 0.3) is 0 Å². The van der Waals surface area contributed by atoms with Gasteiger partial charge in [-0.1, -0.05) is 28.1 Å². The van der Waals surface area contributed by atoms with Crippen molar-refractivity contribution < 1.29 is 9.90 Å². The second kappa shape index (κ2) is 7.67. The van der Waals surface area contributed by atoms with E-state index in [4.69, 9.17) is 5.11 Å². The number of ketones is 1. The molecule has 0 aromatic heterocycles. The Morgan fingerprint density at radius 3 is 2.72 bits per heavy atom. The predicted molar refractivity (Wildman–Crippen MR) is 76.9 cm³/mol. The lowest BCUT2D eigenvalue weighted by Gasteiger charge is -2.25. The van der Waals surface area contributed by atoms with Crippen molar-refractivity contribution in [1.29, 1.82) is 0 Å². The van der Waals surface area contributed by atoms with Gasteiger partial charge in [-0.25, -0.2) is 0 Å². The van der Waals surface area contributed by atoms with Crippen LogP contribution in [0.3, 0.4) is 0 Å². The van der Waals surface area contributed by atoms with Crippen LogP contribution >= 0.6 is 15.9 Å². The number of hydrogen-bond acceptors (Lipinski definition) is 3. The molecule has 0 saturated heterocycles. The largest absolute Gasteiger partial charge is 0.396 e. The molecule has 1 rings (SSSR count). The predicted octanol–water partition coefficient (Wildman–Crippen LogP) is 2.72. The lowest BCUT2D eigenvalue weighted by atomic mass is 10.1. The minimum absolute atomic E-state index is 0.114. The summed E-state index contributed by atoms with van der Waals surface area (Å²) >= 11 is 3.37. The van der Waals surface area contributed by atoms with Gasteiger partial charge in [0.25, 0.3) is 0 Å². The van der Waals surface area contributed by atoms with Crippen molar-refractivity contribution in [3.05, 3.63) is 34.3 Å². The molecule has 3 nitrogen and oxygen atoms in total. The summed E-state index contributed by atoms with van der Waals surface area (Å²) in [5, 5.41) is 8.87. The van der Waals surface area contributed by atoms with Crippen LogP contribution in [0.2, 0.25) is 0 Å². The number of aliphatic hydroxyl groups excluding tert-OH is 1. The summed E-state index contributed by atoms with van der Waals surface area (Å²) in [6, 6.07) is 7.74. The van der Waals surface area contributed by atoms with Crippen molar-refractivity contribution in [3.8, 4) is 0 Å². The smallest absolute Gasteiger partial charge is 0.176 e. The van der Waals surface area contributed by atoms with Gasteiger partial charge in [-0.3, -0.25) is 9.69 Å². The van der Waals surface area contributed by atoms with Crippen molar-refractivity contribution >= 4 is 21.7 Å². The molecule has 0 spiro atoms. The summed E-state index contributed by atoms with van der Waals surface area (Å²) in [7, 11) is 0. The first-order valence-corrected chi connectivity index (χ1v) is 6.97. The van der Waals surface area contributed by atoms with Crippen molar-refractivity contribution in [1.82, 2.24) is 4.90 Å². The standard InChI is InChI=1S/C14H20BrNO2/c1-11(2)16(7-4-8-17)10-14(18)12-5-3-6-13(15)9-12/h3,5-6,9,11,17H,4,7-8,10H2,1-2H3. The average Bonchev–Trinajstić information content (AvgIpc) is 2.33. The molecule has 0 unspecified atom stereocenters. The molecule has 0 radical (unpaired) electrons. The molecule has 0 heterocycles. The van der Waals surface area contributed by atoms with Crippen molar-refractivity contribution in [2.45, 2.75) is 26.3 Å². The molecule has 0 saturated carbocycles. The Bertz CT molecular complexity index is 393. The van der Waals surface area contributed by atoms with Crippen LogP contribution in [0.5, 0.6) is 0 Å². The Morgan fingerprint density at radius 1 is 1.44 bits per heavy atom. The van der Waals surface area contributed by atoms with Gasteiger partial charge in [-0.05, 0) is 32.4 Å². The second-order valence-corrected chi connectivity index (χ2v) is 5.49. The Morgan fingerprint density at radius 2 is 2.17 bits per heavy atom. The molecule has 0 atom stereocenters. The highest BCUT2D eigenvalue weighted by Gasteiger charge is 2.15. The molecule has 4 heteroatoms. The van der Waals surface area contributed by atoms with E-state index in [2.05, 4.69) is 34.7 Å². The van der Waals surface area contributed by atoms with Crippen LogP contribution in [0.1, 0.15) is 30.6 Å². The SMILES string of the molecule is CC(C)N(CCCO)CC(=O)c1cccc(Br)c1. The van der Waals surface area contributed by atoms with Crippen LogP contribution in [0, 0.1) is 0 Å². The summed E-state index contributed by atoms with van der Waals surface area (Å²) in [6.07, 6.45) is 0.698. The Kier molecular flexibility index (Phi) is 6.54. The number of hydrogen-bond donors (Lipinski definition) is 1. The van der Waals surface area contributed by atoms with Crippen LogP contribution in [-0.4, -0.2) is 41.5 Å². The molecular formula is C14H20BrNO2. The van der Waals surface area contributed by atoms with Gasteiger partial charge in [0.2, 0.25) is 0 Å². The van der Waals surface area contributed by atoms with Gasteiger partial charge < -0.3 is 5.11 Å². The highest BCUT2D eigenvalue weighted by molar-refractivity contribution is 9.10. The number of halogens is 1. The lowest BCUT2D eigenvalue weighted by Crippen LogP contribution is -2.36. The first-order chi connectivity index (χ1) is 8.54. The second-order valence-electron chi connectivity index (χ2n) is 4.57. The molecule has 1 aromatic rings. The molecule has 1 N–H and O–H groups in total. The van der Waals surface area contributed by atoms with E-state index < -0.39 is 0 Å². The van der Waals surface area contributed by atoms with Crippen LogP contribution in [-0.2, 0) is 0 Å². The van der Waals surface area contributed by atoms with Gasteiger partial charge in [0, 0.05) is 29.2 Å². The molecule has 0 fully saturated rings. The maximum atomic E-state index is 12.1. The number of carbonyl (C=O) groups excluding carboxylic acids is 1. The zero-order valence-corrected chi connectivity index (χ0v) is 12.5. The Hall–Kier alpha value is -0.710. The quantitative estimate of drug-likeness (QED) is 0.787. The molecule has 0 bridgehead atoms. The topological polar surface area (TPSA) is 40.5 Å². The van der Waals surface area contributed by atoms with E-state index >= 15 is 0 Å². The van der Waals surface area contributed by atoms with Crippen LogP contribution in [0.15, 0.2) is 28.7 Å². The van der Waals surface area contributed by atoms with Gasteiger partial charge in [-0.2, -0.15) is 0 Å². The average molecular weight is 314 g/mol. The number of rotatable bonds is 7. The van der Waals surface area contributed by atoms with E-state index in [1.54, 1.807) is 0 Å². The van der Waals surface area contributed by atoms with Crippen LogP contribution < -0.4 is 0 Å². The van der Waals surface area contributed by atoms with Gasteiger partial charge in [0.05, 0.1) is 6.54 Å². The monoisotopic (exact) mass is 313 g/mol.